The van der Waals surface area contributed by atoms with Gasteiger partial charge in [0.05, 0.1) is 0 Å². The van der Waals surface area contributed by atoms with Crippen LogP contribution in [0.4, 0.5) is 5.69 Å². The van der Waals surface area contributed by atoms with Gasteiger partial charge in [-0.1, -0.05) is 42.5 Å². The Hall–Kier alpha value is -4.89. The van der Waals surface area contributed by atoms with Gasteiger partial charge in [0, 0.05) is 67.4 Å². The SMILES string of the molecule is Cc1cc(C(=O)N2CCN(Cc3ccc(Cc4ccc5c6c(cccc46)C(=O)N5)cc3)CC2)nc(-n2ccnc2)n1. The van der Waals surface area contributed by atoms with Crippen molar-refractivity contribution in [3.63, 3.8) is 0 Å². The Labute approximate surface area is 237 Å². The Morgan fingerprint density at radius 2 is 1.76 bits per heavy atom. The molecule has 0 radical (unpaired) electrons. The van der Waals surface area contributed by atoms with Crippen LogP contribution in [0, 0.1) is 6.92 Å². The van der Waals surface area contributed by atoms with Gasteiger partial charge in [-0.25, -0.2) is 15.0 Å². The number of rotatable bonds is 6. The Morgan fingerprint density at radius 1 is 0.951 bits per heavy atom. The maximum atomic E-state index is 13.2. The first kappa shape index (κ1) is 25.1. The molecule has 0 atom stereocenters. The van der Waals surface area contributed by atoms with E-state index in [1.807, 2.05) is 30.0 Å². The van der Waals surface area contributed by atoms with Crippen LogP contribution in [0.3, 0.4) is 0 Å². The number of aryl methyl sites for hydroxylation is 1. The van der Waals surface area contributed by atoms with E-state index < -0.39 is 0 Å². The predicted octanol–water partition coefficient (Wildman–Crippen LogP) is 4.24. The minimum atomic E-state index is -0.0657. The summed E-state index contributed by atoms with van der Waals surface area (Å²) in [7, 11) is 0. The number of benzene rings is 3. The van der Waals surface area contributed by atoms with E-state index in [-0.39, 0.29) is 11.8 Å². The zero-order valence-corrected chi connectivity index (χ0v) is 22.7. The van der Waals surface area contributed by atoms with Gasteiger partial charge in [0.25, 0.3) is 11.8 Å². The Balaban J connectivity index is 0.975. The fraction of sp³-hybridized carbons (Fsp3) is 0.219. The fourth-order valence-corrected chi connectivity index (χ4v) is 5.77. The maximum absolute atomic E-state index is 13.2. The Kier molecular flexibility index (Phi) is 6.28. The minimum absolute atomic E-state index is 0.0267. The summed E-state index contributed by atoms with van der Waals surface area (Å²) in [6.45, 7) is 5.63. The standard InChI is InChI=1S/C32H29N7O2/c1-21-17-28(36-32(34-21)39-12-11-33-20-39)31(41)38-15-13-37(14-16-38)19-23-7-5-22(6-8-23)18-24-9-10-27-29-25(24)3-2-4-26(29)30(40)35-27/h2-12,17,20H,13-16,18-19H2,1H3,(H,35,40). The lowest BCUT2D eigenvalue weighted by Gasteiger charge is -2.34. The topological polar surface area (TPSA) is 96.2 Å². The molecule has 3 aromatic carbocycles. The van der Waals surface area contributed by atoms with Crippen LogP contribution in [0.15, 0.2) is 79.4 Å². The number of hydrogen-bond donors (Lipinski definition) is 1. The van der Waals surface area contributed by atoms with E-state index in [1.165, 1.54) is 16.7 Å². The smallest absolute Gasteiger partial charge is 0.272 e. The third-order valence-electron chi connectivity index (χ3n) is 7.90. The molecule has 204 valence electrons. The summed E-state index contributed by atoms with van der Waals surface area (Å²) >= 11 is 0. The summed E-state index contributed by atoms with van der Waals surface area (Å²) in [4.78, 5) is 42.7. The second-order valence-corrected chi connectivity index (χ2v) is 10.7. The average molecular weight is 544 g/mol. The lowest BCUT2D eigenvalue weighted by atomic mass is 9.95. The van der Waals surface area contributed by atoms with Crippen molar-refractivity contribution in [1.82, 2.24) is 29.3 Å². The number of anilines is 1. The van der Waals surface area contributed by atoms with Crippen molar-refractivity contribution in [3.8, 4) is 5.95 Å². The van der Waals surface area contributed by atoms with Crippen molar-refractivity contribution in [2.24, 2.45) is 0 Å². The summed E-state index contributed by atoms with van der Waals surface area (Å²) in [6.07, 6.45) is 5.86. The average Bonchev–Trinajstić information content (AvgIpc) is 3.65. The van der Waals surface area contributed by atoms with E-state index in [4.69, 9.17) is 0 Å². The van der Waals surface area contributed by atoms with Gasteiger partial charge in [0.15, 0.2) is 0 Å². The van der Waals surface area contributed by atoms with E-state index in [9.17, 15) is 9.59 Å². The highest BCUT2D eigenvalue weighted by Crippen LogP contribution is 2.35. The first-order valence-corrected chi connectivity index (χ1v) is 13.8. The van der Waals surface area contributed by atoms with E-state index >= 15 is 0 Å². The number of aromatic nitrogens is 4. The molecular weight excluding hydrogens is 514 g/mol. The predicted molar refractivity (Wildman–Crippen MR) is 156 cm³/mol. The third kappa shape index (κ3) is 4.85. The molecule has 2 aliphatic rings. The molecule has 0 saturated carbocycles. The zero-order chi connectivity index (χ0) is 27.9. The molecule has 1 N–H and O–H groups in total. The number of carbonyl (C=O) groups excluding carboxylic acids is 2. The van der Waals surface area contributed by atoms with Crippen LogP contribution in [-0.4, -0.2) is 67.3 Å². The molecule has 0 unspecified atom stereocenters. The van der Waals surface area contributed by atoms with Gasteiger partial charge in [0.2, 0.25) is 5.95 Å². The van der Waals surface area contributed by atoms with Crippen molar-refractivity contribution >= 4 is 28.3 Å². The lowest BCUT2D eigenvalue weighted by Crippen LogP contribution is -2.48. The fourth-order valence-electron chi connectivity index (χ4n) is 5.77. The largest absolute Gasteiger partial charge is 0.335 e. The Bertz CT molecular complexity index is 1770. The highest BCUT2D eigenvalue weighted by molar-refractivity contribution is 6.24. The van der Waals surface area contributed by atoms with E-state index in [1.54, 1.807) is 29.4 Å². The summed E-state index contributed by atoms with van der Waals surface area (Å²) in [5, 5.41) is 5.12. The van der Waals surface area contributed by atoms with Gasteiger partial charge in [-0.2, -0.15) is 0 Å². The molecule has 0 aliphatic carbocycles. The number of carbonyl (C=O) groups is 2. The van der Waals surface area contributed by atoms with E-state index in [0.29, 0.717) is 24.7 Å². The Morgan fingerprint density at radius 3 is 2.54 bits per heavy atom. The third-order valence-corrected chi connectivity index (χ3v) is 7.90. The van der Waals surface area contributed by atoms with Crippen LogP contribution >= 0.6 is 0 Å². The summed E-state index contributed by atoms with van der Waals surface area (Å²) in [5.74, 6) is 0.360. The number of piperazine rings is 1. The minimum Gasteiger partial charge on any atom is -0.335 e. The van der Waals surface area contributed by atoms with Crippen molar-refractivity contribution in [1.29, 1.82) is 0 Å². The molecule has 5 aromatic rings. The molecule has 2 amide bonds. The number of hydrogen-bond acceptors (Lipinski definition) is 6. The van der Waals surface area contributed by atoms with Gasteiger partial charge < -0.3 is 10.2 Å². The van der Waals surface area contributed by atoms with Crippen LogP contribution in [0.1, 0.15) is 43.2 Å². The quantitative estimate of drug-likeness (QED) is 0.344. The van der Waals surface area contributed by atoms with E-state index in [2.05, 4.69) is 61.6 Å². The number of nitrogens with zero attached hydrogens (tertiary/aromatic N) is 6. The van der Waals surface area contributed by atoms with Crippen molar-refractivity contribution in [2.75, 3.05) is 31.5 Å². The van der Waals surface area contributed by atoms with Crippen LogP contribution < -0.4 is 5.32 Å². The number of nitrogens with one attached hydrogen (secondary N) is 1. The molecule has 4 heterocycles. The van der Waals surface area contributed by atoms with Crippen LogP contribution in [0.5, 0.6) is 0 Å². The van der Waals surface area contributed by atoms with E-state index in [0.717, 1.165) is 53.8 Å². The highest BCUT2D eigenvalue weighted by Gasteiger charge is 2.25. The number of imidazole rings is 1. The molecule has 9 nitrogen and oxygen atoms in total. The van der Waals surface area contributed by atoms with Crippen molar-refractivity contribution < 1.29 is 9.59 Å². The van der Waals surface area contributed by atoms with Gasteiger partial charge >= 0.3 is 0 Å². The van der Waals surface area contributed by atoms with Crippen molar-refractivity contribution in [2.45, 2.75) is 19.9 Å². The van der Waals surface area contributed by atoms with Gasteiger partial charge in [-0.3, -0.25) is 19.1 Å². The number of amides is 2. The first-order valence-electron chi connectivity index (χ1n) is 13.8. The molecule has 41 heavy (non-hydrogen) atoms. The molecule has 7 rings (SSSR count). The first-order chi connectivity index (χ1) is 20.0. The second kappa shape index (κ2) is 10.3. The van der Waals surface area contributed by atoms with Gasteiger partial charge in [-0.05, 0) is 53.6 Å². The summed E-state index contributed by atoms with van der Waals surface area (Å²) in [6, 6.07) is 20.6. The highest BCUT2D eigenvalue weighted by atomic mass is 16.2. The zero-order valence-electron chi connectivity index (χ0n) is 22.7. The molecule has 1 fully saturated rings. The monoisotopic (exact) mass is 543 g/mol. The maximum Gasteiger partial charge on any atom is 0.272 e. The van der Waals surface area contributed by atoms with Crippen LogP contribution in [0.25, 0.3) is 16.7 Å². The van der Waals surface area contributed by atoms with Gasteiger partial charge in [0.1, 0.15) is 12.0 Å². The summed E-state index contributed by atoms with van der Waals surface area (Å²) in [5.41, 5.74) is 6.50. The molecule has 0 bridgehead atoms. The molecule has 9 heteroatoms. The molecule has 2 aromatic heterocycles. The van der Waals surface area contributed by atoms with Crippen LogP contribution in [-0.2, 0) is 13.0 Å². The normalized spacial score (nSPS) is 15.0. The molecule has 1 saturated heterocycles. The van der Waals surface area contributed by atoms with Crippen molar-refractivity contribution in [3.05, 3.63) is 113 Å². The van der Waals surface area contributed by atoms with Crippen LogP contribution in [0.2, 0.25) is 0 Å². The molecule has 0 spiro atoms. The summed E-state index contributed by atoms with van der Waals surface area (Å²) < 4.78 is 1.71. The molecule has 2 aliphatic heterocycles. The van der Waals surface area contributed by atoms with Gasteiger partial charge in [-0.15, -0.1) is 0 Å². The molecular formula is C32H29N7O2. The lowest BCUT2D eigenvalue weighted by molar-refractivity contribution is 0.0622. The second-order valence-electron chi connectivity index (χ2n) is 10.7.